The summed E-state index contributed by atoms with van der Waals surface area (Å²) in [6.07, 6.45) is 1.68. The third-order valence-corrected chi connectivity index (χ3v) is 0.813. The molecule has 3 nitrogen and oxygen atoms in total. The van der Waals surface area contributed by atoms with Gasteiger partial charge in [0.25, 0.3) is 0 Å². The molecule has 0 saturated carbocycles. The molecule has 9 heavy (non-hydrogen) atoms. The Balaban J connectivity index is 0.000000640. The number of nitrogens with two attached hydrogens (primary N) is 1. The van der Waals surface area contributed by atoms with Gasteiger partial charge in [0, 0.05) is 6.20 Å². The summed E-state index contributed by atoms with van der Waals surface area (Å²) in [6.45, 7) is 0. The number of rotatable bonds is 1. The summed E-state index contributed by atoms with van der Waals surface area (Å²) in [7, 11) is 0. The Morgan fingerprint density at radius 2 is 2.22 bits per heavy atom. The van der Waals surface area contributed by atoms with Crippen LogP contribution in [0.5, 0.6) is 0 Å². The van der Waals surface area contributed by atoms with Crippen molar-refractivity contribution in [3.05, 3.63) is 24.4 Å². The van der Waals surface area contributed by atoms with Gasteiger partial charge in [-0.25, -0.2) is 10.8 Å². The first-order chi connectivity index (χ1) is 3.93. The predicted molar refractivity (Wildman–Crippen MR) is 39.3 cm³/mol. The Morgan fingerprint density at radius 1 is 1.44 bits per heavy atom. The predicted octanol–water partition coefficient (Wildman–Crippen LogP) is 0.789. The van der Waals surface area contributed by atoms with E-state index in [0.29, 0.717) is 5.82 Å². The monoisotopic (exact) mass is 145 g/mol. The first kappa shape index (κ1) is 8.20. The van der Waals surface area contributed by atoms with Crippen molar-refractivity contribution in [3.63, 3.8) is 0 Å². The SMILES string of the molecule is Cl.NNc1ccccn1. The minimum Gasteiger partial charge on any atom is -0.308 e. The minimum absolute atomic E-state index is 0. The van der Waals surface area contributed by atoms with Crippen LogP contribution < -0.4 is 11.3 Å². The van der Waals surface area contributed by atoms with Crippen molar-refractivity contribution in [2.75, 3.05) is 5.43 Å². The maximum Gasteiger partial charge on any atom is 0.139 e. The van der Waals surface area contributed by atoms with E-state index >= 15 is 0 Å². The summed E-state index contributed by atoms with van der Waals surface area (Å²) in [4.78, 5) is 3.86. The van der Waals surface area contributed by atoms with Crippen LogP contribution in [0, 0.1) is 0 Å². The van der Waals surface area contributed by atoms with Crippen molar-refractivity contribution in [1.82, 2.24) is 4.98 Å². The Labute approximate surface area is 59.7 Å². The highest BCUT2D eigenvalue weighted by atomic mass is 35.5. The van der Waals surface area contributed by atoms with Crippen molar-refractivity contribution in [1.29, 1.82) is 0 Å². The number of nitrogens with one attached hydrogen (secondary N) is 1. The van der Waals surface area contributed by atoms with Gasteiger partial charge in [0.1, 0.15) is 5.82 Å². The molecule has 0 radical (unpaired) electrons. The van der Waals surface area contributed by atoms with Gasteiger partial charge >= 0.3 is 0 Å². The molecule has 0 aliphatic carbocycles. The number of nitrogens with zero attached hydrogens (tertiary/aromatic N) is 1. The fourth-order valence-corrected chi connectivity index (χ4v) is 0.448. The van der Waals surface area contributed by atoms with E-state index in [1.165, 1.54) is 0 Å². The van der Waals surface area contributed by atoms with Crippen LogP contribution in [0.25, 0.3) is 0 Å². The van der Waals surface area contributed by atoms with Gasteiger partial charge in [-0.1, -0.05) is 6.07 Å². The second kappa shape index (κ2) is 4.12. The molecule has 0 amide bonds. The number of pyridine rings is 1. The molecule has 0 unspecified atom stereocenters. The van der Waals surface area contributed by atoms with E-state index in [2.05, 4.69) is 10.4 Å². The van der Waals surface area contributed by atoms with Crippen molar-refractivity contribution in [2.45, 2.75) is 0 Å². The summed E-state index contributed by atoms with van der Waals surface area (Å²) in [5.74, 6) is 5.72. The second-order valence-electron chi connectivity index (χ2n) is 1.36. The second-order valence-corrected chi connectivity index (χ2v) is 1.36. The van der Waals surface area contributed by atoms with Gasteiger partial charge in [-0.05, 0) is 12.1 Å². The van der Waals surface area contributed by atoms with Crippen molar-refractivity contribution in [3.8, 4) is 0 Å². The number of anilines is 1. The van der Waals surface area contributed by atoms with Crippen molar-refractivity contribution in [2.24, 2.45) is 5.84 Å². The fraction of sp³-hybridized carbons (Fsp3) is 0. The first-order valence-electron chi connectivity index (χ1n) is 2.31. The smallest absolute Gasteiger partial charge is 0.139 e. The molecular weight excluding hydrogens is 138 g/mol. The molecule has 4 heteroatoms. The summed E-state index contributed by atoms with van der Waals surface area (Å²) in [5.41, 5.74) is 2.42. The molecule has 1 aromatic rings. The summed E-state index contributed by atoms with van der Waals surface area (Å²) in [6, 6.07) is 5.49. The zero-order valence-corrected chi connectivity index (χ0v) is 5.56. The van der Waals surface area contributed by atoms with Crippen LogP contribution in [-0.2, 0) is 0 Å². The van der Waals surface area contributed by atoms with E-state index in [9.17, 15) is 0 Å². The number of hydrazine groups is 1. The largest absolute Gasteiger partial charge is 0.308 e. The number of aromatic nitrogens is 1. The van der Waals surface area contributed by atoms with Gasteiger partial charge in [-0.15, -0.1) is 12.4 Å². The normalized spacial score (nSPS) is 7.67. The van der Waals surface area contributed by atoms with E-state index in [1.807, 2.05) is 12.1 Å². The lowest BCUT2D eigenvalue weighted by atomic mass is 10.5. The molecule has 0 spiro atoms. The van der Waals surface area contributed by atoms with Gasteiger partial charge in [-0.3, -0.25) is 0 Å². The summed E-state index contributed by atoms with van der Waals surface area (Å²) < 4.78 is 0. The third-order valence-electron chi connectivity index (χ3n) is 0.813. The van der Waals surface area contributed by atoms with Crippen molar-refractivity contribution >= 4 is 18.2 Å². The van der Waals surface area contributed by atoms with Gasteiger partial charge < -0.3 is 5.43 Å². The van der Waals surface area contributed by atoms with Gasteiger partial charge in [0.15, 0.2) is 0 Å². The zero-order chi connectivity index (χ0) is 5.82. The zero-order valence-electron chi connectivity index (χ0n) is 4.74. The number of hydrogen-bond acceptors (Lipinski definition) is 3. The molecule has 1 aromatic heterocycles. The molecule has 3 N–H and O–H groups in total. The van der Waals surface area contributed by atoms with Crippen LogP contribution in [0.1, 0.15) is 0 Å². The number of halogens is 1. The van der Waals surface area contributed by atoms with E-state index < -0.39 is 0 Å². The van der Waals surface area contributed by atoms with Gasteiger partial charge in [0.05, 0.1) is 0 Å². The minimum atomic E-state index is 0. The molecule has 0 fully saturated rings. The lowest BCUT2D eigenvalue weighted by Crippen LogP contribution is -2.07. The average Bonchev–Trinajstić information content (AvgIpc) is 1.90. The third kappa shape index (κ3) is 2.30. The number of nitrogen functional groups attached to an aromatic ring is 1. The highest BCUT2D eigenvalue weighted by Gasteiger charge is 1.79. The van der Waals surface area contributed by atoms with E-state index in [-0.39, 0.29) is 12.4 Å². The molecular formula is C5H8ClN3. The lowest BCUT2D eigenvalue weighted by Gasteiger charge is -1.92. The number of hydrogen-bond donors (Lipinski definition) is 2. The Kier molecular flexibility index (Phi) is 3.75. The first-order valence-corrected chi connectivity index (χ1v) is 2.31. The molecule has 0 aliphatic heterocycles. The van der Waals surface area contributed by atoms with Crippen LogP contribution >= 0.6 is 12.4 Å². The highest BCUT2D eigenvalue weighted by molar-refractivity contribution is 5.85. The summed E-state index contributed by atoms with van der Waals surface area (Å²) >= 11 is 0. The Hall–Kier alpha value is -0.800. The van der Waals surface area contributed by atoms with Crippen LogP contribution in [-0.4, -0.2) is 4.98 Å². The van der Waals surface area contributed by atoms with Crippen LogP contribution in [0.4, 0.5) is 5.82 Å². The van der Waals surface area contributed by atoms with E-state index in [4.69, 9.17) is 5.84 Å². The molecule has 0 bridgehead atoms. The quantitative estimate of drug-likeness (QED) is 0.454. The molecule has 1 rings (SSSR count). The average molecular weight is 146 g/mol. The van der Waals surface area contributed by atoms with Crippen LogP contribution in [0.3, 0.4) is 0 Å². The van der Waals surface area contributed by atoms with Crippen LogP contribution in [0.15, 0.2) is 24.4 Å². The fourth-order valence-electron chi connectivity index (χ4n) is 0.448. The maximum absolute atomic E-state index is 5.04. The highest BCUT2D eigenvalue weighted by Crippen LogP contribution is 1.94. The lowest BCUT2D eigenvalue weighted by molar-refractivity contribution is 1.23. The molecule has 0 atom stereocenters. The maximum atomic E-state index is 5.04. The van der Waals surface area contributed by atoms with E-state index in [0.717, 1.165) is 0 Å². The van der Waals surface area contributed by atoms with Gasteiger partial charge in [0.2, 0.25) is 0 Å². The van der Waals surface area contributed by atoms with Crippen LogP contribution in [0.2, 0.25) is 0 Å². The molecule has 0 aliphatic rings. The Morgan fingerprint density at radius 3 is 2.56 bits per heavy atom. The standard InChI is InChI=1S/C5H7N3.ClH/c6-8-5-3-1-2-4-7-5;/h1-4H,6H2,(H,7,8);1H. The van der Waals surface area contributed by atoms with Gasteiger partial charge in [-0.2, -0.15) is 0 Å². The summed E-state index contributed by atoms with van der Waals surface area (Å²) in [5, 5.41) is 0. The van der Waals surface area contributed by atoms with E-state index in [1.54, 1.807) is 12.3 Å². The molecule has 1 heterocycles. The molecule has 50 valence electrons. The molecule has 0 aromatic carbocycles. The Bertz CT molecular complexity index is 154. The van der Waals surface area contributed by atoms with Crippen molar-refractivity contribution < 1.29 is 0 Å². The topological polar surface area (TPSA) is 50.9 Å². The molecule has 0 saturated heterocycles.